The molecule has 0 aromatic heterocycles. The van der Waals surface area contributed by atoms with Gasteiger partial charge in [0.15, 0.2) is 0 Å². The Morgan fingerprint density at radius 3 is 2.53 bits per heavy atom. The molecule has 100 valence electrons. The van der Waals surface area contributed by atoms with E-state index in [1.54, 1.807) is 0 Å². The normalized spacial score (nSPS) is 31.9. The fourth-order valence-electron chi connectivity index (χ4n) is 3.03. The minimum Gasteiger partial charge on any atom is -0.301 e. The van der Waals surface area contributed by atoms with Gasteiger partial charge >= 0.3 is 0 Å². The van der Waals surface area contributed by atoms with Crippen LogP contribution < -0.4 is 11.1 Å². The molecule has 17 heavy (non-hydrogen) atoms. The Morgan fingerprint density at radius 1 is 1.18 bits per heavy atom. The monoisotopic (exact) mass is 240 g/mol. The number of nitrogens with one attached hydrogen (secondary N) is 1. The van der Waals surface area contributed by atoms with E-state index in [-0.39, 0.29) is 5.79 Å². The van der Waals surface area contributed by atoms with Crippen LogP contribution in [0.5, 0.6) is 0 Å². The van der Waals surface area contributed by atoms with Crippen molar-refractivity contribution in [3.8, 4) is 0 Å². The Kier molecular flexibility index (Phi) is 4.79. The van der Waals surface area contributed by atoms with Gasteiger partial charge in [-0.1, -0.05) is 13.3 Å². The van der Waals surface area contributed by atoms with Gasteiger partial charge in [-0.3, -0.25) is 15.1 Å². The minimum absolute atomic E-state index is 0.259. The predicted molar refractivity (Wildman–Crippen MR) is 71.4 cm³/mol. The van der Waals surface area contributed by atoms with Crippen LogP contribution >= 0.6 is 0 Å². The molecular formula is C13H28N4. The third-order valence-electron chi connectivity index (χ3n) is 4.18. The van der Waals surface area contributed by atoms with Crippen LogP contribution in [0.15, 0.2) is 0 Å². The van der Waals surface area contributed by atoms with Crippen LogP contribution in [0.4, 0.5) is 0 Å². The lowest BCUT2D eigenvalue weighted by Gasteiger charge is -2.46. The van der Waals surface area contributed by atoms with Crippen LogP contribution in [0.25, 0.3) is 0 Å². The molecule has 0 saturated carbocycles. The van der Waals surface area contributed by atoms with E-state index >= 15 is 0 Å². The molecule has 0 spiro atoms. The number of hydrogen-bond acceptors (Lipinski definition) is 4. The highest BCUT2D eigenvalue weighted by atomic mass is 15.5. The highest BCUT2D eigenvalue weighted by molar-refractivity contribution is 4.85. The van der Waals surface area contributed by atoms with Crippen molar-refractivity contribution in [3.63, 3.8) is 0 Å². The van der Waals surface area contributed by atoms with Crippen LogP contribution in [0.2, 0.25) is 0 Å². The first-order chi connectivity index (χ1) is 8.24. The lowest BCUT2D eigenvalue weighted by molar-refractivity contribution is -0.0110. The lowest BCUT2D eigenvalue weighted by atomic mass is 10.0. The van der Waals surface area contributed by atoms with Crippen LogP contribution in [-0.4, -0.2) is 48.4 Å². The summed E-state index contributed by atoms with van der Waals surface area (Å²) in [5.41, 5.74) is 6.52. The number of hydrogen-bond donors (Lipinski definition) is 2. The molecule has 3 N–H and O–H groups in total. The molecule has 0 amide bonds. The van der Waals surface area contributed by atoms with Gasteiger partial charge in [0.1, 0.15) is 5.79 Å². The van der Waals surface area contributed by atoms with Crippen molar-refractivity contribution in [2.75, 3.05) is 32.8 Å². The maximum absolute atomic E-state index is 6.52. The summed E-state index contributed by atoms with van der Waals surface area (Å²) >= 11 is 0. The summed E-state index contributed by atoms with van der Waals surface area (Å²) in [5.74, 6) is -0.259. The third-order valence-corrected chi connectivity index (χ3v) is 4.18. The average Bonchev–Trinajstić information content (AvgIpc) is 2.38. The zero-order chi connectivity index (χ0) is 12.1. The van der Waals surface area contributed by atoms with Crippen molar-refractivity contribution in [2.24, 2.45) is 5.73 Å². The zero-order valence-electron chi connectivity index (χ0n) is 11.2. The summed E-state index contributed by atoms with van der Waals surface area (Å²) in [6.45, 7) is 7.82. The summed E-state index contributed by atoms with van der Waals surface area (Å²) in [7, 11) is 0. The van der Waals surface area contributed by atoms with Crippen LogP contribution in [0.1, 0.15) is 45.4 Å². The first kappa shape index (κ1) is 13.3. The van der Waals surface area contributed by atoms with E-state index in [0.717, 1.165) is 26.2 Å². The second-order valence-electron chi connectivity index (χ2n) is 5.48. The van der Waals surface area contributed by atoms with E-state index in [0.29, 0.717) is 0 Å². The molecule has 2 rings (SSSR count). The Bertz CT molecular complexity index is 219. The summed E-state index contributed by atoms with van der Waals surface area (Å²) in [6, 6.07) is 0. The fraction of sp³-hybridized carbons (Fsp3) is 1.00. The SMILES string of the molecule is CCN(CN1CCCCC1)C1(N)CCCCN1. The number of nitrogens with two attached hydrogens (primary N) is 1. The van der Waals surface area contributed by atoms with Gasteiger partial charge < -0.3 is 5.73 Å². The second-order valence-corrected chi connectivity index (χ2v) is 5.48. The van der Waals surface area contributed by atoms with Crippen LogP contribution in [0.3, 0.4) is 0 Å². The largest absolute Gasteiger partial charge is 0.301 e. The smallest absolute Gasteiger partial charge is 0.124 e. The quantitative estimate of drug-likeness (QED) is 0.723. The summed E-state index contributed by atoms with van der Waals surface area (Å²) in [4.78, 5) is 4.97. The van der Waals surface area contributed by atoms with E-state index < -0.39 is 0 Å². The molecule has 0 aromatic rings. The molecule has 2 saturated heterocycles. The van der Waals surface area contributed by atoms with Gasteiger partial charge in [0, 0.05) is 0 Å². The number of likely N-dealkylation sites (tertiary alicyclic amines) is 1. The van der Waals surface area contributed by atoms with Crippen molar-refractivity contribution in [2.45, 2.75) is 51.2 Å². The van der Waals surface area contributed by atoms with Gasteiger partial charge in [0.05, 0.1) is 6.67 Å². The average molecular weight is 240 g/mol. The Balaban J connectivity index is 1.89. The molecule has 4 heteroatoms. The topological polar surface area (TPSA) is 44.5 Å². The lowest BCUT2D eigenvalue weighted by Crippen LogP contribution is -2.68. The maximum atomic E-state index is 6.52. The van der Waals surface area contributed by atoms with Gasteiger partial charge in [0.25, 0.3) is 0 Å². The van der Waals surface area contributed by atoms with Crippen molar-refractivity contribution in [3.05, 3.63) is 0 Å². The van der Waals surface area contributed by atoms with Gasteiger partial charge in [-0.05, 0) is 58.3 Å². The van der Waals surface area contributed by atoms with E-state index in [1.807, 2.05) is 0 Å². The fourth-order valence-corrected chi connectivity index (χ4v) is 3.03. The highest BCUT2D eigenvalue weighted by Crippen LogP contribution is 2.19. The zero-order valence-corrected chi connectivity index (χ0v) is 11.2. The number of nitrogens with zero attached hydrogens (tertiary/aromatic N) is 2. The second kappa shape index (κ2) is 6.14. The molecule has 2 heterocycles. The molecular weight excluding hydrogens is 212 g/mol. The first-order valence-electron chi connectivity index (χ1n) is 7.26. The van der Waals surface area contributed by atoms with Crippen molar-refractivity contribution in [1.29, 1.82) is 0 Å². The van der Waals surface area contributed by atoms with Crippen LogP contribution in [-0.2, 0) is 0 Å². The molecule has 0 bridgehead atoms. The van der Waals surface area contributed by atoms with E-state index in [2.05, 4.69) is 22.0 Å². The van der Waals surface area contributed by atoms with Crippen molar-refractivity contribution in [1.82, 2.24) is 15.1 Å². The van der Waals surface area contributed by atoms with Gasteiger partial charge in [-0.25, -0.2) is 0 Å². The molecule has 4 nitrogen and oxygen atoms in total. The maximum Gasteiger partial charge on any atom is 0.124 e. The van der Waals surface area contributed by atoms with E-state index in [1.165, 1.54) is 45.2 Å². The van der Waals surface area contributed by atoms with Gasteiger partial charge in [-0.2, -0.15) is 0 Å². The molecule has 0 aromatic carbocycles. The van der Waals surface area contributed by atoms with E-state index in [9.17, 15) is 0 Å². The Morgan fingerprint density at radius 2 is 1.94 bits per heavy atom. The summed E-state index contributed by atoms with van der Waals surface area (Å²) in [5, 5.41) is 3.51. The molecule has 2 aliphatic heterocycles. The molecule has 0 radical (unpaired) electrons. The Labute approximate surface area is 106 Å². The third kappa shape index (κ3) is 3.41. The number of rotatable bonds is 4. The summed E-state index contributed by atoms with van der Waals surface area (Å²) < 4.78 is 0. The molecule has 1 unspecified atom stereocenters. The Hall–Kier alpha value is -0.160. The first-order valence-corrected chi connectivity index (χ1v) is 7.26. The van der Waals surface area contributed by atoms with Crippen LogP contribution in [0, 0.1) is 0 Å². The minimum atomic E-state index is -0.259. The van der Waals surface area contributed by atoms with E-state index in [4.69, 9.17) is 5.73 Å². The molecule has 2 aliphatic rings. The van der Waals surface area contributed by atoms with Crippen molar-refractivity contribution >= 4 is 0 Å². The summed E-state index contributed by atoms with van der Waals surface area (Å²) in [6.07, 6.45) is 7.69. The highest BCUT2D eigenvalue weighted by Gasteiger charge is 2.33. The molecule has 2 fully saturated rings. The van der Waals surface area contributed by atoms with Gasteiger partial charge in [-0.15, -0.1) is 0 Å². The predicted octanol–water partition coefficient (Wildman–Crippen LogP) is 1.14. The standard InChI is InChI=1S/C13H28N4/c1-2-17(12-16-10-6-3-7-11-16)13(14)8-4-5-9-15-13/h15H,2-12,14H2,1H3. The van der Waals surface area contributed by atoms with Gasteiger partial charge in [0.2, 0.25) is 0 Å². The van der Waals surface area contributed by atoms with Crippen molar-refractivity contribution < 1.29 is 0 Å². The number of piperidine rings is 2. The molecule has 0 aliphatic carbocycles. The molecule has 1 atom stereocenters.